The first-order chi connectivity index (χ1) is 12.5. The van der Waals surface area contributed by atoms with E-state index >= 15 is 0 Å². The van der Waals surface area contributed by atoms with Crippen LogP contribution < -0.4 is 4.72 Å². The molecule has 1 heterocycles. The number of thiazole rings is 1. The Kier molecular flexibility index (Phi) is 5.80. The fraction of sp³-hybridized carbons (Fsp3) is 0.211. The summed E-state index contributed by atoms with van der Waals surface area (Å²) in [7, 11) is -3.53. The summed E-state index contributed by atoms with van der Waals surface area (Å²) in [5.74, 6) is -0.305. The van der Waals surface area contributed by atoms with Crippen molar-refractivity contribution in [3.05, 3.63) is 71.0 Å². The molecule has 7 heteroatoms. The lowest BCUT2D eigenvalue weighted by molar-refractivity contribution is 0.581. The molecule has 3 aromatic rings. The second kappa shape index (κ2) is 8.07. The van der Waals surface area contributed by atoms with Gasteiger partial charge >= 0.3 is 0 Å². The van der Waals surface area contributed by atoms with Crippen molar-refractivity contribution in [1.82, 2.24) is 9.71 Å². The molecule has 0 saturated heterocycles. The number of nitrogens with one attached hydrogen (secondary N) is 1. The van der Waals surface area contributed by atoms with Gasteiger partial charge in [0, 0.05) is 23.9 Å². The van der Waals surface area contributed by atoms with E-state index < -0.39 is 10.0 Å². The maximum atomic E-state index is 13.3. The molecule has 0 radical (unpaired) electrons. The Hall–Kier alpha value is -2.09. The number of rotatable bonds is 7. The molecule has 0 aliphatic heterocycles. The standard InChI is InChI=1S/C19H19FN2O2S2/c1-2-14-6-8-18(9-7-14)26(23,24)21-11-10-17-13-25-19(22-17)15-4-3-5-16(20)12-15/h3-9,12-13,21H,2,10-11H2,1H3. The smallest absolute Gasteiger partial charge is 0.240 e. The summed E-state index contributed by atoms with van der Waals surface area (Å²) in [6.45, 7) is 2.28. The van der Waals surface area contributed by atoms with Crippen LogP contribution in [-0.4, -0.2) is 19.9 Å². The summed E-state index contributed by atoms with van der Waals surface area (Å²) in [5, 5.41) is 2.59. The van der Waals surface area contributed by atoms with Crippen LogP contribution in [0.5, 0.6) is 0 Å². The van der Waals surface area contributed by atoms with Gasteiger partial charge in [0.1, 0.15) is 10.8 Å². The second-order valence-electron chi connectivity index (χ2n) is 5.80. The van der Waals surface area contributed by atoms with Gasteiger partial charge in [0.25, 0.3) is 0 Å². The number of hydrogen-bond acceptors (Lipinski definition) is 4. The van der Waals surface area contributed by atoms with Gasteiger partial charge < -0.3 is 0 Å². The average Bonchev–Trinajstić information content (AvgIpc) is 3.10. The Morgan fingerprint density at radius 1 is 1.15 bits per heavy atom. The molecule has 0 amide bonds. The number of aryl methyl sites for hydroxylation is 1. The predicted molar refractivity (Wildman–Crippen MR) is 102 cm³/mol. The lowest BCUT2D eigenvalue weighted by Crippen LogP contribution is -2.26. The van der Waals surface area contributed by atoms with E-state index in [0.717, 1.165) is 28.2 Å². The fourth-order valence-electron chi connectivity index (χ4n) is 2.48. The van der Waals surface area contributed by atoms with E-state index in [1.165, 1.54) is 23.5 Å². The van der Waals surface area contributed by atoms with Gasteiger partial charge in [0.15, 0.2) is 0 Å². The monoisotopic (exact) mass is 390 g/mol. The van der Waals surface area contributed by atoms with E-state index in [4.69, 9.17) is 0 Å². The fourth-order valence-corrected chi connectivity index (χ4v) is 4.36. The molecule has 1 aromatic heterocycles. The maximum Gasteiger partial charge on any atom is 0.240 e. The molecule has 4 nitrogen and oxygen atoms in total. The largest absolute Gasteiger partial charge is 0.241 e. The lowest BCUT2D eigenvalue weighted by Gasteiger charge is -2.06. The number of halogens is 1. The highest BCUT2D eigenvalue weighted by Gasteiger charge is 2.13. The van der Waals surface area contributed by atoms with Gasteiger partial charge in [-0.2, -0.15) is 0 Å². The van der Waals surface area contributed by atoms with Crippen LogP contribution in [0.2, 0.25) is 0 Å². The van der Waals surface area contributed by atoms with Crippen LogP contribution in [-0.2, 0) is 22.9 Å². The van der Waals surface area contributed by atoms with Gasteiger partial charge in [-0.25, -0.2) is 22.5 Å². The molecule has 0 fully saturated rings. The van der Waals surface area contributed by atoms with Crippen LogP contribution >= 0.6 is 11.3 Å². The van der Waals surface area contributed by atoms with Gasteiger partial charge in [-0.15, -0.1) is 11.3 Å². The van der Waals surface area contributed by atoms with E-state index in [1.54, 1.807) is 24.3 Å². The second-order valence-corrected chi connectivity index (χ2v) is 8.42. The molecule has 0 atom stereocenters. The van der Waals surface area contributed by atoms with Crippen molar-refractivity contribution >= 4 is 21.4 Å². The number of aromatic nitrogens is 1. The van der Waals surface area contributed by atoms with Crippen LogP contribution in [0.1, 0.15) is 18.2 Å². The van der Waals surface area contributed by atoms with Crippen LogP contribution in [0.25, 0.3) is 10.6 Å². The highest BCUT2D eigenvalue weighted by Crippen LogP contribution is 2.24. The summed E-state index contributed by atoms with van der Waals surface area (Å²) < 4.78 is 40.5. The molecule has 0 spiro atoms. The molecule has 136 valence electrons. The molecule has 1 N–H and O–H groups in total. The summed E-state index contributed by atoms with van der Waals surface area (Å²) in [5.41, 5.74) is 2.59. The molecule has 0 saturated carbocycles. The van der Waals surface area contributed by atoms with Crippen molar-refractivity contribution in [3.63, 3.8) is 0 Å². The van der Waals surface area contributed by atoms with Gasteiger partial charge in [-0.1, -0.05) is 31.2 Å². The summed E-state index contributed by atoms with van der Waals surface area (Å²) in [4.78, 5) is 4.71. The third-order valence-corrected chi connectivity index (χ3v) is 6.36. The van der Waals surface area contributed by atoms with Gasteiger partial charge in [0.2, 0.25) is 10.0 Å². The Bertz CT molecular complexity index is 983. The van der Waals surface area contributed by atoms with Crippen LogP contribution in [0.4, 0.5) is 4.39 Å². The molecule has 26 heavy (non-hydrogen) atoms. The van der Waals surface area contributed by atoms with E-state index in [2.05, 4.69) is 9.71 Å². The topological polar surface area (TPSA) is 59.1 Å². The zero-order valence-electron chi connectivity index (χ0n) is 14.3. The van der Waals surface area contributed by atoms with Crippen molar-refractivity contribution in [2.45, 2.75) is 24.7 Å². The minimum atomic E-state index is -3.53. The van der Waals surface area contributed by atoms with Crippen LogP contribution in [0.15, 0.2) is 58.8 Å². The van der Waals surface area contributed by atoms with E-state index in [-0.39, 0.29) is 17.3 Å². The lowest BCUT2D eigenvalue weighted by atomic mass is 10.2. The van der Waals surface area contributed by atoms with Crippen molar-refractivity contribution in [3.8, 4) is 10.6 Å². The van der Waals surface area contributed by atoms with E-state index in [1.807, 2.05) is 24.4 Å². The SMILES string of the molecule is CCc1ccc(S(=O)(=O)NCCc2csc(-c3cccc(F)c3)n2)cc1. The minimum absolute atomic E-state index is 0.254. The quantitative estimate of drug-likeness (QED) is 0.663. The zero-order valence-corrected chi connectivity index (χ0v) is 15.9. The maximum absolute atomic E-state index is 13.3. The minimum Gasteiger partial charge on any atom is -0.241 e. The Labute approximate surface area is 156 Å². The Morgan fingerprint density at radius 2 is 1.92 bits per heavy atom. The molecular weight excluding hydrogens is 371 g/mol. The third-order valence-electron chi connectivity index (χ3n) is 3.94. The normalized spacial score (nSPS) is 11.6. The molecular formula is C19H19FN2O2S2. The van der Waals surface area contributed by atoms with Crippen LogP contribution in [0.3, 0.4) is 0 Å². The molecule has 0 aliphatic rings. The number of hydrogen-bond donors (Lipinski definition) is 1. The van der Waals surface area contributed by atoms with Crippen molar-refractivity contribution in [2.75, 3.05) is 6.54 Å². The molecule has 2 aromatic carbocycles. The highest BCUT2D eigenvalue weighted by atomic mass is 32.2. The average molecular weight is 391 g/mol. The first-order valence-electron chi connectivity index (χ1n) is 8.27. The van der Waals surface area contributed by atoms with Crippen molar-refractivity contribution in [1.29, 1.82) is 0 Å². The van der Waals surface area contributed by atoms with Crippen LogP contribution in [0, 0.1) is 5.82 Å². The molecule has 0 unspecified atom stereocenters. The van der Waals surface area contributed by atoms with Crippen molar-refractivity contribution < 1.29 is 12.8 Å². The van der Waals surface area contributed by atoms with Gasteiger partial charge in [0.05, 0.1) is 10.6 Å². The molecule has 0 bridgehead atoms. The number of nitrogens with zero attached hydrogens (tertiary/aromatic N) is 1. The Balaban J connectivity index is 1.61. The van der Waals surface area contributed by atoms with Gasteiger partial charge in [-0.3, -0.25) is 0 Å². The summed E-state index contributed by atoms with van der Waals surface area (Å²) in [6.07, 6.45) is 1.34. The van der Waals surface area contributed by atoms with E-state index in [9.17, 15) is 12.8 Å². The first kappa shape index (κ1) is 18.7. The summed E-state index contributed by atoms with van der Waals surface area (Å²) in [6, 6.07) is 13.1. The zero-order chi connectivity index (χ0) is 18.6. The molecule has 0 aliphatic carbocycles. The summed E-state index contributed by atoms with van der Waals surface area (Å²) >= 11 is 1.41. The predicted octanol–water partition coefficient (Wildman–Crippen LogP) is 4.03. The Morgan fingerprint density at radius 3 is 2.62 bits per heavy atom. The first-order valence-corrected chi connectivity index (χ1v) is 10.6. The van der Waals surface area contributed by atoms with Gasteiger partial charge in [-0.05, 0) is 36.2 Å². The number of sulfonamides is 1. The van der Waals surface area contributed by atoms with E-state index in [0.29, 0.717) is 6.42 Å². The number of benzene rings is 2. The third kappa shape index (κ3) is 4.55. The molecule has 3 rings (SSSR count). The van der Waals surface area contributed by atoms with Crippen molar-refractivity contribution in [2.24, 2.45) is 0 Å². The highest BCUT2D eigenvalue weighted by molar-refractivity contribution is 7.89.